The molecule has 0 aliphatic rings. The molecule has 6 N–H and O–H groups in total. The number of H-pyrrole nitrogens is 2. The molecule has 0 unspecified atom stereocenters. The van der Waals surface area contributed by atoms with E-state index in [4.69, 9.17) is 5.73 Å². The molecule has 24 heavy (non-hydrogen) atoms. The van der Waals surface area contributed by atoms with Crippen molar-refractivity contribution in [2.24, 2.45) is 5.73 Å². The van der Waals surface area contributed by atoms with Crippen LogP contribution in [-0.2, 0) is 4.79 Å². The number of carbonyl (C=O) groups is 3. The third-order valence-corrected chi connectivity index (χ3v) is 3.20. The molecule has 3 amide bonds. The van der Waals surface area contributed by atoms with Crippen molar-refractivity contribution in [1.82, 2.24) is 25.5 Å². The number of fused-ring (bicyclic) bond motifs is 1. The first-order chi connectivity index (χ1) is 11.5. The van der Waals surface area contributed by atoms with E-state index in [0.717, 1.165) is 5.52 Å². The third-order valence-electron chi connectivity index (χ3n) is 3.20. The Kier molecular flexibility index (Phi) is 3.93. The van der Waals surface area contributed by atoms with Crippen LogP contribution in [0, 0.1) is 0 Å². The quantitative estimate of drug-likeness (QED) is 0.436. The van der Waals surface area contributed by atoms with E-state index in [9.17, 15) is 14.4 Å². The molecule has 3 aromatic rings. The lowest BCUT2D eigenvalue weighted by atomic mass is 10.2. The lowest BCUT2D eigenvalue weighted by Crippen LogP contribution is -2.34. The van der Waals surface area contributed by atoms with Gasteiger partial charge in [0.25, 0.3) is 11.8 Å². The predicted octanol–water partition coefficient (Wildman–Crippen LogP) is -0.247. The fourth-order valence-electron chi connectivity index (χ4n) is 2.06. The molecule has 0 spiro atoms. The Morgan fingerprint density at radius 2 is 2.04 bits per heavy atom. The first-order valence-electron chi connectivity index (χ1n) is 6.89. The topological polar surface area (TPSA) is 159 Å². The molecule has 122 valence electrons. The highest BCUT2D eigenvalue weighted by Gasteiger charge is 2.17. The van der Waals surface area contributed by atoms with Crippen molar-refractivity contribution < 1.29 is 14.4 Å². The van der Waals surface area contributed by atoms with Crippen LogP contribution in [0.15, 0.2) is 30.7 Å². The number of anilines is 1. The maximum absolute atomic E-state index is 12.3. The largest absolute Gasteiger partial charge is 0.368 e. The molecule has 0 saturated carbocycles. The van der Waals surface area contributed by atoms with Crippen molar-refractivity contribution in [2.45, 2.75) is 0 Å². The second-order valence-electron chi connectivity index (χ2n) is 4.90. The predicted molar refractivity (Wildman–Crippen MR) is 84.2 cm³/mol. The van der Waals surface area contributed by atoms with Crippen molar-refractivity contribution in [3.63, 3.8) is 0 Å². The number of aromatic amines is 2. The molecular weight excluding hydrogens is 314 g/mol. The minimum atomic E-state index is -0.682. The van der Waals surface area contributed by atoms with Crippen LogP contribution in [0.4, 0.5) is 5.69 Å². The van der Waals surface area contributed by atoms with E-state index in [0.29, 0.717) is 11.1 Å². The fraction of sp³-hybridized carbons (Fsp3) is 0.0714. The zero-order valence-electron chi connectivity index (χ0n) is 12.3. The summed E-state index contributed by atoms with van der Waals surface area (Å²) in [6.07, 6.45) is 4.44. The van der Waals surface area contributed by atoms with Crippen LogP contribution in [-0.4, -0.2) is 44.4 Å². The average Bonchev–Trinajstić information content (AvgIpc) is 3.20. The van der Waals surface area contributed by atoms with Gasteiger partial charge in [0.15, 0.2) is 0 Å². The van der Waals surface area contributed by atoms with E-state index in [1.807, 2.05) is 0 Å². The van der Waals surface area contributed by atoms with Crippen molar-refractivity contribution in [3.05, 3.63) is 42.0 Å². The van der Waals surface area contributed by atoms with E-state index >= 15 is 0 Å². The molecule has 3 aromatic heterocycles. The molecular formula is C14H13N7O3. The number of amides is 3. The number of hydrogen-bond donors (Lipinski definition) is 5. The molecule has 0 radical (unpaired) electrons. The normalized spacial score (nSPS) is 10.5. The number of hydrogen-bond acceptors (Lipinski definition) is 5. The van der Waals surface area contributed by atoms with Gasteiger partial charge in [-0.2, -0.15) is 5.10 Å². The zero-order chi connectivity index (χ0) is 17.1. The smallest absolute Gasteiger partial charge is 0.271 e. The summed E-state index contributed by atoms with van der Waals surface area (Å²) in [7, 11) is 0. The Morgan fingerprint density at radius 3 is 2.83 bits per heavy atom. The van der Waals surface area contributed by atoms with Gasteiger partial charge in [0.05, 0.1) is 35.0 Å². The van der Waals surface area contributed by atoms with Crippen LogP contribution in [0.2, 0.25) is 0 Å². The molecule has 0 aromatic carbocycles. The number of nitrogens with two attached hydrogens (primary N) is 1. The second kappa shape index (κ2) is 6.20. The number of carbonyl (C=O) groups excluding carboxylic acids is 3. The molecule has 0 aliphatic heterocycles. The number of rotatable bonds is 5. The standard InChI is InChI=1S/C14H13N7O3/c15-11(22)6-18-14(24)12-10(5-19-21-12)20-13(23)7-3-9-8(17-4-7)1-2-16-9/h1-5,16H,6H2,(H2,15,22)(H,18,24)(H,19,21)(H,20,23). The second-order valence-corrected chi connectivity index (χ2v) is 4.90. The minimum absolute atomic E-state index is 0.0125. The molecule has 0 fully saturated rings. The minimum Gasteiger partial charge on any atom is -0.368 e. The third kappa shape index (κ3) is 3.06. The number of pyridine rings is 1. The van der Waals surface area contributed by atoms with Crippen LogP contribution in [0.3, 0.4) is 0 Å². The maximum Gasteiger partial charge on any atom is 0.271 e. The maximum atomic E-state index is 12.3. The van der Waals surface area contributed by atoms with Gasteiger partial charge in [-0.05, 0) is 12.1 Å². The molecule has 0 aliphatic carbocycles. The fourth-order valence-corrected chi connectivity index (χ4v) is 2.06. The molecule has 0 saturated heterocycles. The van der Waals surface area contributed by atoms with Gasteiger partial charge < -0.3 is 21.4 Å². The van der Waals surface area contributed by atoms with Gasteiger partial charge in [-0.15, -0.1) is 0 Å². The van der Waals surface area contributed by atoms with Crippen molar-refractivity contribution in [2.75, 3.05) is 11.9 Å². The van der Waals surface area contributed by atoms with Crippen LogP contribution in [0.25, 0.3) is 11.0 Å². The Morgan fingerprint density at radius 1 is 1.21 bits per heavy atom. The van der Waals surface area contributed by atoms with Crippen LogP contribution in [0.5, 0.6) is 0 Å². The number of primary amides is 1. The first-order valence-corrected chi connectivity index (χ1v) is 6.89. The van der Waals surface area contributed by atoms with Gasteiger partial charge in [0, 0.05) is 12.4 Å². The summed E-state index contributed by atoms with van der Waals surface area (Å²) in [6.45, 7) is -0.321. The molecule has 10 heteroatoms. The highest BCUT2D eigenvalue weighted by atomic mass is 16.2. The Bertz CT molecular complexity index is 927. The molecule has 0 bridgehead atoms. The van der Waals surface area contributed by atoms with Gasteiger partial charge in [0.2, 0.25) is 5.91 Å². The van der Waals surface area contributed by atoms with Gasteiger partial charge in [-0.1, -0.05) is 0 Å². The SMILES string of the molecule is NC(=O)CNC(=O)c1[nH]ncc1NC(=O)c1cnc2cc[nH]c2c1. The Balaban J connectivity index is 1.76. The van der Waals surface area contributed by atoms with Crippen molar-refractivity contribution >= 4 is 34.4 Å². The van der Waals surface area contributed by atoms with Crippen molar-refractivity contribution in [3.8, 4) is 0 Å². The van der Waals surface area contributed by atoms with E-state index in [-0.39, 0.29) is 17.9 Å². The van der Waals surface area contributed by atoms with Crippen molar-refractivity contribution in [1.29, 1.82) is 0 Å². The molecule has 3 heterocycles. The van der Waals surface area contributed by atoms with Gasteiger partial charge >= 0.3 is 0 Å². The van der Waals surface area contributed by atoms with Gasteiger partial charge in [0.1, 0.15) is 5.69 Å². The summed E-state index contributed by atoms with van der Waals surface area (Å²) < 4.78 is 0. The number of nitrogens with one attached hydrogen (secondary N) is 4. The Hall–Kier alpha value is -3.69. The van der Waals surface area contributed by atoms with E-state index in [2.05, 4.69) is 30.8 Å². The lowest BCUT2D eigenvalue weighted by molar-refractivity contribution is -0.117. The van der Waals surface area contributed by atoms with E-state index in [1.54, 1.807) is 18.3 Å². The summed E-state index contributed by atoms with van der Waals surface area (Å²) in [5.41, 5.74) is 6.92. The van der Waals surface area contributed by atoms with E-state index in [1.165, 1.54) is 12.4 Å². The number of nitrogens with zero attached hydrogens (tertiary/aromatic N) is 2. The Labute approximate surface area is 134 Å². The van der Waals surface area contributed by atoms with E-state index < -0.39 is 17.7 Å². The summed E-state index contributed by atoms with van der Waals surface area (Å²) in [6, 6.07) is 3.43. The highest BCUT2D eigenvalue weighted by molar-refractivity contribution is 6.09. The average molecular weight is 327 g/mol. The van der Waals surface area contributed by atoms with Crippen LogP contribution < -0.4 is 16.4 Å². The summed E-state index contributed by atoms with van der Waals surface area (Å²) in [5.74, 6) is -1.75. The highest BCUT2D eigenvalue weighted by Crippen LogP contribution is 2.15. The monoisotopic (exact) mass is 327 g/mol. The molecule has 0 atom stereocenters. The summed E-state index contributed by atoms with van der Waals surface area (Å²) in [5, 5.41) is 11.1. The molecule has 3 rings (SSSR count). The van der Waals surface area contributed by atoms with Crippen LogP contribution in [0.1, 0.15) is 20.8 Å². The first kappa shape index (κ1) is 15.2. The number of aromatic nitrogens is 4. The van der Waals surface area contributed by atoms with Gasteiger partial charge in [-0.3, -0.25) is 24.5 Å². The molecule has 10 nitrogen and oxygen atoms in total. The lowest BCUT2D eigenvalue weighted by Gasteiger charge is -2.06. The van der Waals surface area contributed by atoms with Gasteiger partial charge in [-0.25, -0.2) is 0 Å². The summed E-state index contributed by atoms with van der Waals surface area (Å²) in [4.78, 5) is 42.1. The van der Waals surface area contributed by atoms with Crippen LogP contribution >= 0.6 is 0 Å². The zero-order valence-corrected chi connectivity index (χ0v) is 12.3. The summed E-state index contributed by atoms with van der Waals surface area (Å²) >= 11 is 0.